The summed E-state index contributed by atoms with van der Waals surface area (Å²) in [5.74, 6) is -6.73. The molecule has 0 saturated carbocycles. The van der Waals surface area contributed by atoms with Crippen LogP contribution in [0.2, 0.25) is 0 Å². The highest BCUT2D eigenvalue weighted by atomic mass is 19.4. The number of amides is 1. The Morgan fingerprint density at radius 2 is 1.74 bits per heavy atom. The molecule has 2 aromatic heterocycles. The second-order valence-corrected chi connectivity index (χ2v) is 10.7. The van der Waals surface area contributed by atoms with Crippen molar-refractivity contribution >= 4 is 17.9 Å². The van der Waals surface area contributed by atoms with E-state index in [-0.39, 0.29) is 62.1 Å². The van der Waals surface area contributed by atoms with Crippen LogP contribution in [-0.4, -0.2) is 81.9 Å². The number of rotatable bonds is 7. The fourth-order valence-electron chi connectivity index (χ4n) is 5.33. The molecule has 2 fully saturated rings. The van der Waals surface area contributed by atoms with Crippen LogP contribution in [-0.2, 0) is 5.92 Å². The third kappa shape index (κ3) is 6.81. The number of piperidine rings is 1. The lowest BCUT2D eigenvalue weighted by Crippen LogP contribution is -2.50. The zero-order chi connectivity index (χ0) is 31.1. The largest absolute Gasteiger partial charge is 0.406 e. The third-order valence-electron chi connectivity index (χ3n) is 7.48. The highest BCUT2D eigenvalue weighted by molar-refractivity contribution is 5.94. The van der Waals surface area contributed by atoms with Gasteiger partial charge in [0.25, 0.3) is 5.91 Å². The van der Waals surface area contributed by atoms with E-state index in [2.05, 4.69) is 20.1 Å². The fourth-order valence-corrected chi connectivity index (χ4v) is 5.33. The predicted octanol–water partition coefficient (Wildman–Crippen LogP) is 3.85. The van der Waals surface area contributed by atoms with Gasteiger partial charge in [-0.3, -0.25) is 4.79 Å². The quantitative estimate of drug-likeness (QED) is 0.395. The number of carbonyl (C=O) groups excluding carboxylic acids is 1. The Morgan fingerprint density at radius 3 is 2.35 bits per heavy atom. The molecule has 4 heterocycles. The molecule has 1 amide bonds. The number of nitrogens with two attached hydrogens (primary N) is 1. The van der Waals surface area contributed by atoms with Gasteiger partial charge in [0.15, 0.2) is 0 Å². The molecule has 2 aliphatic heterocycles. The van der Waals surface area contributed by atoms with Crippen LogP contribution in [0.15, 0.2) is 35.1 Å². The average molecular weight is 617 g/mol. The molecule has 17 heteroatoms. The van der Waals surface area contributed by atoms with Gasteiger partial charge in [-0.2, -0.15) is 26.9 Å². The molecule has 2 saturated heterocycles. The summed E-state index contributed by atoms with van der Waals surface area (Å²) in [5.41, 5.74) is 6.11. The molecule has 1 aromatic carbocycles. The minimum atomic E-state index is -4.70. The molecule has 0 bridgehead atoms. The number of halogens is 7. The van der Waals surface area contributed by atoms with Crippen molar-refractivity contribution < 1.29 is 40.1 Å². The maximum absolute atomic E-state index is 14.3. The van der Waals surface area contributed by atoms with Gasteiger partial charge in [0.2, 0.25) is 11.8 Å². The molecular weight excluding hydrogens is 589 g/mol. The zero-order valence-corrected chi connectivity index (χ0v) is 22.7. The Labute approximate surface area is 240 Å². The van der Waals surface area contributed by atoms with E-state index in [1.54, 1.807) is 4.90 Å². The maximum atomic E-state index is 14.3. The van der Waals surface area contributed by atoms with E-state index in [9.17, 15) is 35.5 Å². The van der Waals surface area contributed by atoms with E-state index in [4.69, 9.17) is 10.3 Å². The molecule has 5 rings (SSSR count). The maximum Gasteiger partial charge on any atom is 0.406 e. The molecular formula is C26H27F7N8O2. The zero-order valence-electron chi connectivity index (χ0n) is 22.7. The number of nitrogens with zero attached hydrogens (tertiary/aromatic N) is 7. The molecule has 3 aromatic rings. The van der Waals surface area contributed by atoms with E-state index in [0.29, 0.717) is 11.8 Å². The van der Waals surface area contributed by atoms with Gasteiger partial charge >= 0.3 is 18.1 Å². The lowest BCUT2D eigenvalue weighted by molar-refractivity contribution is -0.145. The van der Waals surface area contributed by atoms with Gasteiger partial charge in [-0.05, 0) is 36.6 Å². The Bertz CT molecular complexity index is 1440. The van der Waals surface area contributed by atoms with Gasteiger partial charge in [0.05, 0.1) is 5.56 Å². The van der Waals surface area contributed by atoms with Crippen LogP contribution in [0, 0.1) is 11.6 Å². The molecule has 0 aliphatic carbocycles. The number of aromatic nitrogens is 4. The Kier molecular flexibility index (Phi) is 8.20. The third-order valence-corrected chi connectivity index (χ3v) is 7.48. The van der Waals surface area contributed by atoms with Crippen molar-refractivity contribution in [1.29, 1.82) is 0 Å². The van der Waals surface area contributed by atoms with Crippen LogP contribution >= 0.6 is 0 Å². The van der Waals surface area contributed by atoms with Crippen molar-refractivity contribution in [2.75, 3.05) is 42.5 Å². The summed E-state index contributed by atoms with van der Waals surface area (Å²) in [6.45, 7) is -0.389. The van der Waals surface area contributed by atoms with Crippen molar-refractivity contribution in [3.63, 3.8) is 0 Å². The Morgan fingerprint density at radius 1 is 1.07 bits per heavy atom. The first-order valence-corrected chi connectivity index (χ1v) is 13.3. The van der Waals surface area contributed by atoms with E-state index in [1.807, 2.05) is 0 Å². The second kappa shape index (κ2) is 11.6. The van der Waals surface area contributed by atoms with Crippen LogP contribution in [0.25, 0.3) is 0 Å². The molecule has 2 aliphatic rings. The van der Waals surface area contributed by atoms with Crippen LogP contribution < -0.4 is 15.5 Å². The molecule has 43 heavy (non-hydrogen) atoms. The van der Waals surface area contributed by atoms with Crippen molar-refractivity contribution in [2.45, 2.75) is 49.9 Å². The average Bonchev–Trinajstić information content (AvgIpc) is 3.60. The SMILES string of the molecule is CC(F)(F)c1noc(N2CCC(N(CC(F)(F)F)C(=O)c3cnc(N4CC(N)C(c5cc(F)ccc5F)C4)nc3)CC2)n1. The molecule has 10 nitrogen and oxygen atoms in total. The molecule has 2 N–H and O–H groups in total. The summed E-state index contributed by atoms with van der Waals surface area (Å²) in [7, 11) is 0. The number of alkyl halides is 5. The van der Waals surface area contributed by atoms with E-state index < -0.39 is 60.0 Å². The van der Waals surface area contributed by atoms with Crippen LogP contribution in [0.4, 0.5) is 42.7 Å². The molecule has 2 atom stereocenters. The monoisotopic (exact) mass is 616 g/mol. The van der Waals surface area contributed by atoms with Crippen molar-refractivity contribution in [2.24, 2.45) is 5.73 Å². The number of carbonyl (C=O) groups is 1. The Hall–Kier alpha value is -4.02. The van der Waals surface area contributed by atoms with Gasteiger partial charge in [-0.15, -0.1) is 0 Å². The number of hydrogen-bond acceptors (Lipinski definition) is 9. The first kappa shape index (κ1) is 30.4. The van der Waals surface area contributed by atoms with Crippen LogP contribution in [0.1, 0.15) is 47.4 Å². The van der Waals surface area contributed by atoms with Gasteiger partial charge in [-0.25, -0.2) is 18.7 Å². The predicted molar refractivity (Wildman–Crippen MR) is 138 cm³/mol. The van der Waals surface area contributed by atoms with Gasteiger partial charge in [-0.1, -0.05) is 5.16 Å². The van der Waals surface area contributed by atoms with Crippen LogP contribution in [0.5, 0.6) is 0 Å². The van der Waals surface area contributed by atoms with Crippen molar-refractivity contribution in [3.05, 3.63) is 59.2 Å². The summed E-state index contributed by atoms with van der Waals surface area (Å²) in [5, 5.41) is 3.25. The van der Waals surface area contributed by atoms with E-state index >= 15 is 0 Å². The highest BCUT2D eigenvalue weighted by Gasteiger charge is 2.40. The lowest BCUT2D eigenvalue weighted by Gasteiger charge is -2.38. The standard InChI is InChI=1S/C26H27F7N8O2/c1-25(29,30)22-37-24(43-38-22)39-6-4-16(5-7-39)41(13-26(31,32)33)21(42)14-9-35-23(36-10-14)40-11-18(20(34)12-40)17-8-15(27)2-3-19(17)28/h2-3,8-10,16,18,20H,4-7,11-13,34H2,1H3. The number of anilines is 2. The van der Waals surface area contributed by atoms with Gasteiger partial charge in [0.1, 0.15) is 18.2 Å². The summed E-state index contributed by atoms with van der Waals surface area (Å²) >= 11 is 0. The fraction of sp³-hybridized carbons (Fsp3) is 0.500. The summed E-state index contributed by atoms with van der Waals surface area (Å²) in [4.78, 5) is 29.0. The molecule has 2 unspecified atom stereocenters. The topological polar surface area (TPSA) is 118 Å². The minimum absolute atomic E-state index is 0.0741. The highest BCUT2D eigenvalue weighted by Crippen LogP contribution is 2.32. The second-order valence-electron chi connectivity index (χ2n) is 10.7. The normalized spacial score (nSPS) is 20.1. The molecule has 232 valence electrons. The van der Waals surface area contributed by atoms with Crippen LogP contribution in [0.3, 0.4) is 0 Å². The summed E-state index contributed by atoms with van der Waals surface area (Å²) in [6.07, 6.45) is -2.34. The molecule has 0 radical (unpaired) electrons. The van der Waals surface area contributed by atoms with Crippen molar-refractivity contribution in [1.82, 2.24) is 25.0 Å². The Balaban J connectivity index is 1.27. The first-order chi connectivity index (χ1) is 20.2. The molecule has 0 spiro atoms. The first-order valence-electron chi connectivity index (χ1n) is 13.3. The smallest absolute Gasteiger partial charge is 0.339 e. The van der Waals surface area contributed by atoms with Gasteiger partial charge < -0.3 is 25.0 Å². The summed E-state index contributed by atoms with van der Waals surface area (Å²) < 4.78 is 100. The lowest BCUT2D eigenvalue weighted by atomic mass is 9.94. The van der Waals surface area contributed by atoms with Crippen molar-refractivity contribution in [3.8, 4) is 0 Å². The number of hydrogen-bond donors (Lipinski definition) is 1. The summed E-state index contributed by atoms with van der Waals surface area (Å²) in [6, 6.07) is 1.50. The van der Waals surface area contributed by atoms with Gasteiger partial charge in [0, 0.05) is 63.5 Å². The van der Waals surface area contributed by atoms with E-state index in [1.165, 1.54) is 4.90 Å². The van der Waals surface area contributed by atoms with E-state index in [0.717, 1.165) is 30.6 Å². The minimum Gasteiger partial charge on any atom is -0.339 e. The number of benzene rings is 1.